The molecule has 0 radical (unpaired) electrons. The molecule has 0 bridgehead atoms. The van der Waals surface area contributed by atoms with Crippen molar-refractivity contribution in [2.75, 3.05) is 0 Å². The van der Waals surface area contributed by atoms with E-state index in [0.29, 0.717) is 5.02 Å². The van der Waals surface area contributed by atoms with Crippen LogP contribution in [-0.4, -0.2) is 20.9 Å². The first-order valence-electron chi connectivity index (χ1n) is 4.21. The van der Waals surface area contributed by atoms with Gasteiger partial charge in [-0.25, -0.2) is 9.48 Å². The van der Waals surface area contributed by atoms with Crippen LogP contribution in [0.5, 0.6) is 0 Å². The molecule has 0 spiro atoms. The Labute approximate surface area is 90.7 Å². The maximum absolute atomic E-state index is 10.6. The van der Waals surface area contributed by atoms with Crippen LogP contribution in [0.4, 0.5) is 0 Å². The van der Waals surface area contributed by atoms with Gasteiger partial charge in [0.1, 0.15) is 0 Å². The molecule has 0 fully saturated rings. The zero-order valence-electron chi connectivity index (χ0n) is 7.59. The SMILES string of the molecule is O=C(O)c1ccc(-n2cc(Cl)cn2)cc1. The van der Waals surface area contributed by atoms with Crippen molar-refractivity contribution in [1.82, 2.24) is 9.78 Å². The predicted octanol–water partition coefficient (Wildman–Crippen LogP) is 2.22. The summed E-state index contributed by atoms with van der Waals surface area (Å²) in [5, 5.41) is 13.2. The van der Waals surface area contributed by atoms with Crippen LogP contribution in [0.25, 0.3) is 5.69 Å². The molecule has 76 valence electrons. The van der Waals surface area contributed by atoms with E-state index in [9.17, 15) is 4.79 Å². The first kappa shape index (κ1) is 9.73. The average molecular weight is 223 g/mol. The summed E-state index contributed by atoms with van der Waals surface area (Å²) < 4.78 is 1.58. The molecule has 1 aromatic carbocycles. The van der Waals surface area contributed by atoms with Crippen LogP contribution in [0.3, 0.4) is 0 Å². The van der Waals surface area contributed by atoms with Crippen molar-refractivity contribution in [3.63, 3.8) is 0 Å². The van der Waals surface area contributed by atoms with Crippen LogP contribution < -0.4 is 0 Å². The van der Waals surface area contributed by atoms with Crippen LogP contribution >= 0.6 is 11.6 Å². The van der Waals surface area contributed by atoms with Gasteiger partial charge in [-0.05, 0) is 24.3 Å². The summed E-state index contributed by atoms with van der Waals surface area (Å²) in [6.45, 7) is 0. The molecule has 2 aromatic rings. The van der Waals surface area contributed by atoms with Gasteiger partial charge in [0.25, 0.3) is 0 Å². The Morgan fingerprint density at radius 3 is 2.47 bits per heavy atom. The van der Waals surface area contributed by atoms with E-state index in [-0.39, 0.29) is 5.56 Å². The second kappa shape index (κ2) is 3.74. The Morgan fingerprint density at radius 1 is 1.33 bits per heavy atom. The highest BCUT2D eigenvalue weighted by atomic mass is 35.5. The number of benzene rings is 1. The van der Waals surface area contributed by atoms with Crippen LogP contribution in [-0.2, 0) is 0 Å². The van der Waals surface area contributed by atoms with Gasteiger partial charge in [-0.1, -0.05) is 11.6 Å². The lowest BCUT2D eigenvalue weighted by atomic mass is 10.2. The van der Waals surface area contributed by atoms with E-state index in [1.807, 2.05) is 0 Å². The van der Waals surface area contributed by atoms with Crippen molar-refractivity contribution >= 4 is 17.6 Å². The fourth-order valence-corrected chi connectivity index (χ4v) is 1.33. The van der Waals surface area contributed by atoms with Gasteiger partial charge in [0, 0.05) is 6.20 Å². The number of hydrogen-bond donors (Lipinski definition) is 1. The van der Waals surface area contributed by atoms with Gasteiger partial charge in [0.15, 0.2) is 0 Å². The lowest BCUT2D eigenvalue weighted by Gasteiger charge is -2.00. The lowest BCUT2D eigenvalue weighted by Crippen LogP contribution is -1.98. The monoisotopic (exact) mass is 222 g/mol. The normalized spacial score (nSPS) is 10.2. The third kappa shape index (κ3) is 1.99. The molecule has 15 heavy (non-hydrogen) atoms. The third-order valence-corrected chi connectivity index (χ3v) is 2.13. The minimum atomic E-state index is -0.944. The van der Waals surface area contributed by atoms with Crippen LogP contribution in [0.15, 0.2) is 36.7 Å². The topological polar surface area (TPSA) is 55.1 Å². The molecule has 0 saturated heterocycles. The van der Waals surface area contributed by atoms with E-state index in [2.05, 4.69) is 5.10 Å². The highest BCUT2D eigenvalue weighted by Crippen LogP contribution is 2.12. The van der Waals surface area contributed by atoms with Crippen LogP contribution in [0, 0.1) is 0 Å². The number of aromatic carboxylic acids is 1. The van der Waals surface area contributed by atoms with Crippen molar-refractivity contribution in [3.8, 4) is 5.69 Å². The largest absolute Gasteiger partial charge is 0.478 e. The fraction of sp³-hybridized carbons (Fsp3) is 0. The summed E-state index contributed by atoms with van der Waals surface area (Å²) in [6.07, 6.45) is 3.17. The van der Waals surface area contributed by atoms with Gasteiger partial charge < -0.3 is 5.11 Å². The third-order valence-electron chi connectivity index (χ3n) is 1.93. The first-order valence-corrected chi connectivity index (χ1v) is 4.58. The Morgan fingerprint density at radius 2 is 2.00 bits per heavy atom. The van der Waals surface area contributed by atoms with E-state index in [1.54, 1.807) is 23.0 Å². The van der Waals surface area contributed by atoms with E-state index >= 15 is 0 Å². The number of hydrogen-bond acceptors (Lipinski definition) is 2. The highest BCUT2D eigenvalue weighted by Gasteiger charge is 2.03. The average Bonchev–Trinajstić information content (AvgIpc) is 2.65. The lowest BCUT2D eigenvalue weighted by molar-refractivity contribution is 0.0697. The molecule has 0 unspecified atom stereocenters. The number of aromatic nitrogens is 2. The molecule has 1 N–H and O–H groups in total. The van der Waals surface area contributed by atoms with Gasteiger partial charge in [-0.2, -0.15) is 5.10 Å². The van der Waals surface area contributed by atoms with E-state index in [1.165, 1.54) is 18.3 Å². The van der Waals surface area contributed by atoms with Crippen molar-refractivity contribution in [2.24, 2.45) is 0 Å². The molecule has 0 saturated carbocycles. The summed E-state index contributed by atoms with van der Waals surface area (Å²) in [5.74, 6) is -0.944. The molecular formula is C10H7ClN2O2. The summed E-state index contributed by atoms with van der Waals surface area (Å²) in [5.41, 5.74) is 1.02. The summed E-state index contributed by atoms with van der Waals surface area (Å²) >= 11 is 5.71. The van der Waals surface area contributed by atoms with Crippen molar-refractivity contribution < 1.29 is 9.90 Å². The highest BCUT2D eigenvalue weighted by molar-refractivity contribution is 6.30. The molecule has 2 rings (SSSR count). The van der Waals surface area contributed by atoms with Crippen LogP contribution in [0.1, 0.15) is 10.4 Å². The molecule has 4 nitrogen and oxygen atoms in total. The number of nitrogens with zero attached hydrogens (tertiary/aromatic N) is 2. The van der Waals surface area contributed by atoms with E-state index in [4.69, 9.17) is 16.7 Å². The molecule has 5 heteroatoms. The number of halogens is 1. The Bertz CT molecular complexity index is 490. The number of carboxylic acid groups (broad SMARTS) is 1. The van der Waals surface area contributed by atoms with Crippen LogP contribution in [0.2, 0.25) is 5.02 Å². The Balaban J connectivity index is 2.35. The van der Waals surface area contributed by atoms with Gasteiger partial charge in [0.2, 0.25) is 0 Å². The minimum Gasteiger partial charge on any atom is -0.478 e. The molecule has 0 amide bonds. The van der Waals surface area contributed by atoms with Gasteiger partial charge in [0.05, 0.1) is 22.5 Å². The standard InChI is InChI=1S/C10H7ClN2O2/c11-8-5-12-13(6-8)9-3-1-7(2-4-9)10(14)15/h1-6H,(H,14,15). The van der Waals surface area contributed by atoms with Gasteiger partial charge in [-0.15, -0.1) is 0 Å². The van der Waals surface area contributed by atoms with Crippen molar-refractivity contribution in [2.45, 2.75) is 0 Å². The molecule has 0 aliphatic carbocycles. The Hall–Kier alpha value is -1.81. The molecule has 1 aromatic heterocycles. The van der Waals surface area contributed by atoms with E-state index < -0.39 is 5.97 Å². The zero-order valence-corrected chi connectivity index (χ0v) is 8.35. The Kier molecular flexibility index (Phi) is 2.43. The molecule has 0 atom stereocenters. The minimum absolute atomic E-state index is 0.247. The summed E-state index contributed by atoms with van der Waals surface area (Å²) in [7, 11) is 0. The summed E-state index contributed by atoms with van der Waals surface area (Å²) in [6, 6.07) is 6.39. The number of rotatable bonds is 2. The molecule has 0 aliphatic heterocycles. The smallest absolute Gasteiger partial charge is 0.335 e. The van der Waals surface area contributed by atoms with Gasteiger partial charge >= 0.3 is 5.97 Å². The second-order valence-electron chi connectivity index (χ2n) is 2.96. The predicted molar refractivity (Wildman–Crippen MR) is 55.5 cm³/mol. The first-order chi connectivity index (χ1) is 7.16. The van der Waals surface area contributed by atoms with E-state index in [0.717, 1.165) is 5.69 Å². The number of carboxylic acids is 1. The summed E-state index contributed by atoms with van der Waals surface area (Å²) in [4.78, 5) is 10.6. The van der Waals surface area contributed by atoms with Crippen molar-refractivity contribution in [3.05, 3.63) is 47.2 Å². The van der Waals surface area contributed by atoms with Crippen molar-refractivity contribution in [1.29, 1.82) is 0 Å². The zero-order chi connectivity index (χ0) is 10.8. The molecule has 0 aliphatic rings. The number of carbonyl (C=O) groups is 1. The molecular weight excluding hydrogens is 216 g/mol. The second-order valence-corrected chi connectivity index (χ2v) is 3.39. The maximum Gasteiger partial charge on any atom is 0.335 e. The fourth-order valence-electron chi connectivity index (χ4n) is 1.20. The maximum atomic E-state index is 10.6. The quantitative estimate of drug-likeness (QED) is 0.848. The molecule has 1 heterocycles. The van der Waals surface area contributed by atoms with Gasteiger partial charge in [-0.3, -0.25) is 0 Å².